The Morgan fingerprint density at radius 2 is 1.64 bits per heavy atom. The molecule has 0 aromatic heterocycles. The van der Waals surface area contributed by atoms with Crippen molar-refractivity contribution in [2.45, 2.75) is 19.6 Å². The molecule has 0 unspecified atom stereocenters. The van der Waals surface area contributed by atoms with Crippen molar-refractivity contribution in [2.75, 3.05) is 20.9 Å². The van der Waals surface area contributed by atoms with Crippen LogP contribution in [0.25, 0.3) is 0 Å². The normalized spacial score (nSPS) is 12.3. The second-order valence-electron chi connectivity index (χ2n) is 6.28. The number of carbonyl (C=O) groups is 1. The van der Waals surface area contributed by atoms with Gasteiger partial charge >= 0.3 is 6.03 Å². The summed E-state index contributed by atoms with van der Waals surface area (Å²) in [4.78, 5) is 14.1. The minimum atomic E-state index is -0.198. The Morgan fingerprint density at radius 3 is 2.40 bits per heavy atom. The van der Waals surface area contributed by atoms with Gasteiger partial charge < -0.3 is 25.0 Å². The van der Waals surface area contributed by atoms with Gasteiger partial charge in [-0.05, 0) is 42.9 Å². The average Bonchev–Trinajstić information content (AvgIpc) is 3.05. The van der Waals surface area contributed by atoms with Crippen LogP contribution in [0.2, 0.25) is 0 Å². The maximum Gasteiger partial charge on any atom is 0.315 e. The lowest BCUT2D eigenvalue weighted by atomic mass is 10.1. The molecule has 0 saturated heterocycles. The first-order valence-corrected chi connectivity index (χ1v) is 8.23. The molecule has 0 spiro atoms. The van der Waals surface area contributed by atoms with Gasteiger partial charge in [0.05, 0.1) is 0 Å². The molecule has 0 atom stereocenters. The van der Waals surface area contributed by atoms with Gasteiger partial charge in [0.2, 0.25) is 6.79 Å². The molecule has 1 aliphatic rings. The van der Waals surface area contributed by atoms with Crippen molar-refractivity contribution in [3.05, 3.63) is 59.2 Å². The number of benzene rings is 2. The second-order valence-corrected chi connectivity index (χ2v) is 6.28. The lowest BCUT2D eigenvalue weighted by Gasteiger charge is -2.12. The molecule has 2 aromatic rings. The third-order valence-electron chi connectivity index (χ3n) is 3.83. The zero-order valence-corrected chi connectivity index (χ0v) is 14.5. The molecule has 0 saturated carbocycles. The highest BCUT2D eigenvalue weighted by atomic mass is 16.7. The van der Waals surface area contributed by atoms with E-state index in [1.165, 1.54) is 5.56 Å². The molecule has 1 aliphatic heterocycles. The number of fused-ring (bicyclic) bond motifs is 1. The third kappa shape index (κ3) is 4.87. The van der Waals surface area contributed by atoms with Gasteiger partial charge in [-0.1, -0.05) is 30.3 Å². The van der Waals surface area contributed by atoms with Crippen LogP contribution in [-0.2, 0) is 19.6 Å². The Balaban J connectivity index is 1.47. The Kier molecular flexibility index (Phi) is 5.40. The predicted molar refractivity (Wildman–Crippen MR) is 95.5 cm³/mol. The van der Waals surface area contributed by atoms with Crippen LogP contribution in [0.1, 0.15) is 16.7 Å². The Bertz CT molecular complexity index is 746. The molecule has 25 heavy (non-hydrogen) atoms. The number of nitrogens with one attached hydrogen (secondary N) is 2. The number of urea groups is 1. The summed E-state index contributed by atoms with van der Waals surface area (Å²) in [5.41, 5.74) is 3.27. The summed E-state index contributed by atoms with van der Waals surface area (Å²) in [6.45, 7) is 2.06. The quantitative estimate of drug-likeness (QED) is 0.847. The van der Waals surface area contributed by atoms with E-state index in [9.17, 15) is 4.79 Å². The van der Waals surface area contributed by atoms with E-state index in [0.29, 0.717) is 13.1 Å². The summed E-state index contributed by atoms with van der Waals surface area (Å²) in [5.74, 6) is 1.46. The van der Waals surface area contributed by atoms with E-state index in [2.05, 4.69) is 27.7 Å². The zero-order chi connectivity index (χ0) is 17.6. The van der Waals surface area contributed by atoms with E-state index in [0.717, 1.165) is 29.2 Å². The molecule has 2 amide bonds. The highest BCUT2D eigenvalue weighted by Crippen LogP contribution is 2.32. The molecule has 6 heteroatoms. The van der Waals surface area contributed by atoms with Crippen molar-refractivity contribution in [1.29, 1.82) is 0 Å². The molecule has 0 aliphatic carbocycles. The van der Waals surface area contributed by atoms with E-state index in [4.69, 9.17) is 9.47 Å². The van der Waals surface area contributed by atoms with Crippen LogP contribution < -0.4 is 20.1 Å². The molecule has 132 valence electrons. The molecule has 2 N–H and O–H groups in total. The molecular weight excluding hydrogens is 318 g/mol. The molecule has 3 rings (SSSR count). The first kappa shape index (κ1) is 17.1. The van der Waals surface area contributed by atoms with Crippen LogP contribution in [0.3, 0.4) is 0 Å². The third-order valence-corrected chi connectivity index (χ3v) is 3.83. The average molecular weight is 341 g/mol. The SMILES string of the molecule is CN(C)Cc1cccc(CNC(=O)NCc2ccc3c(c2)OCO3)c1. The van der Waals surface area contributed by atoms with E-state index >= 15 is 0 Å². The standard InChI is InChI=1S/C19H23N3O3/c1-22(2)12-16-5-3-4-14(8-16)10-20-19(23)21-11-15-6-7-17-18(9-15)25-13-24-17/h3-9H,10-13H2,1-2H3,(H2,20,21,23). The second kappa shape index (κ2) is 7.90. The lowest BCUT2D eigenvalue weighted by Crippen LogP contribution is -2.34. The van der Waals surface area contributed by atoms with Crippen LogP contribution in [-0.4, -0.2) is 31.8 Å². The summed E-state index contributed by atoms with van der Waals surface area (Å²) in [6, 6.07) is 13.7. The molecule has 2 aromatic carbocycles. The van der Waals surface area contributed by atoms with E-state index < -0.39 is 0 Å². The summed E-state index contributed by atoms with van der Waals surface area (Å²) in [7, 11) is 4.07. The molecule has 0 fully saturated rings. The fraction of sp³-hybridized carbons (Fsp3) is 0.316. The number of amides is 2. The van der Waals surface area contributed by atoms with Gasteiger partial charge in [-0.25, -0.2) is 4.79 Å². The van der Waals surface area contributed by atoms with Crippen molar-refractivity contribution >= 4 is 6.03 Å². The molecular formula is C19H23N3O3. The lowest BCUT2D eigenvalue weighted by molar-refractivity contribution is 0.174. The van der Waals surface area contributed by atoms with Gasteiger partial charge in [0.15, 0.2) is 11.5 Å². The van der Waals surface area contributed by atoms with Gasteiger partial charge in [0, 0.05) is 19.6 Å². The molecule has 6 nitrogen and oxygen atoms in total. The fourth-order valence-corrected chi connectivity index (χ4v) is 2.68. The smallest absolute Gasteiger partial charge is 0.315 e. The van der Waals surface area contributed by atoms with E-state index in [1.54, 1.807) is 0 Å². The first-order valence-electron chi connectivity index (χ1n) is 8.23. The number of ether oxygens (including phenoxy) is 2. The van der Waals surface area contributed by atoms with Crippen molar-refractivity contribution < 1.29 is 14.3 Å². The van der Waals surface area contributed by atoms with Gasteiger partial charge in [-0.15, -0.1) is 0 Å². The topological polar surface area (TPSA) is 62.8 Å². The first-order chi connectivity index (χ1) is 12.1. The largest absolute Gasteiger partial charge is 0.454 e. The summed E-state index contributed by atoms with van der Waals surface area (Å²) in [5, 5.41) is 5.74. The van der Waals surface area contributed by atoms with Crippen molar-refractivity contribution in [3.63, 3.8) is 0 Å². The maximum atomic E-state index is 12.0. The molecule has 0 radical (unpaired) electrons. The van der Waals surface area contributed by atoms with E-state index in [-0.39, 0.29) is 12.8 Å². The van der Waals surface area contributed by atoms with Crippen molar-refractivity contribution in [1.82, 2.24) is 15.5 Å². The number of carbonyl (C=O) groups excluding carboxylic acids is 1. The summed E-state index contributed by atoms with van der Waals surface area (Å²) >= 11 is 0. The predicted octanol–water partition coefficient (Wildman–Crippen LogP) is 2.48. The van der Waals surface area contributed by atoms with E-state index in [1.807, 2.05) is 44.4 Å². The minimum absolute atomic E-state index is 0.198. The van der Waals surface area contributed by atoms with Gasteiger partial charge in [0.1, 0.15) is 0 Å². The summed E-state index contributed by atoms with van der Waals surface area (Å²) in [6.07, 6.45) is 0. The van der Waals surface area contributed by atoms with Crippen molar-refractivity contribution in [2.24, 2.45) is 0 Å². The molecule has 1 heterocycles. The minimum Gasteiger partial charge on any atom is -0.454 e. The summed E-state index contributed by atoms with van der Waals surface area (Å²) < 4.78 is 10.6. The van der Waals surface area contributed by atoms with Crippen LogP contribution in [0.4, 0.5) is 4.79 Å². The maximum absolute atomic E-state index is 12.0. The van der Waals surface area contributed by atoms with Gasteiger partial charge in [0.25, 0.3) is 0 Å². The van der Waals surface area contributed by atoms with Crippen LogP contribution in [0, 0.1) is 0 Å². The number of hydrogen-bond donors (Lipinski definition) is 2. The Hall–Kier alpha value is -2.73. The van der Waals surface area contributed by atoms with Crippen LogP contribution >= 0.6 is 0 Å². The molecule has 0 bridgehead atoms. The van der Waals surface area contributed by atoms with Gasteiger partial charge in [-0.2, -0.15) is 0 Å². The highest BCUT2D eigenvalue weighted by molar-refractivity contribution is 5.73. The Labute approximate surface area is 147 Å². The monoisotopic (exact) mass is 341 g/mol. The number of hydrogen-bond acceptors (Lipinski definition) is 4. The van der Waals surface area contributed by atoms with Gasteiger partial charge in [-0.3, -0.25) is 0 Å². The fourth-order valence-electron chi connectivity index (χ4n) is 2.68. The zero-order valence-electron chi connectivity index (χ0n) is 14.5. The highest BCUT2D eigenvalue weighted by Gasteiger charge is 2.13. The number of nitrogens with zero attached hydrogens (tertiary/aromatic N) is 1. The van der Waals surface area contributed by atoms with Crippen LogP contribution in [0.5, 0.6) is 11.5 Å². The van der Waals surface area contributed by atoms with Crippen LogP contribution in [0.15, 0.2) is 42.5 Å². The van der Waals surface area contributed by atoms with Crippen molar-refractivity contribution in [3.8, 4) is 11.5 Å². The Morgan fingerprint density at radius 1 is 0.960 bits per heavy atom. The number of rotatable bonds is 6.